The van der Waals surface area contributed by atoms with Crippen molar-refractivity contribution in [3.8, 4) is 10.6 Å². The van der Waals surface area contributed by atoms with E-state index in [0.29, 0.717) is 11.6 Å². The summed E-state index contributed by atoms with van der Waals surface area (Å²) in [5.41, 5.74) is 2.06. The Kier molecular flexibility index (Phi) is 4.29. The minimum absolute atomic E-state index is 0.0869. The van der Waals surface area contributed by atoms with Crippen LogP contribution in [0.1, 0.15) is 29.9 Å². The molecule has 2 rings (SSSR count). The zero-order chi connectivity index (χ0) is 13.8. The van der Waals surface area contributed by atoms with Crippen molar-refractivity contribution in [2.45, 2.75) is 26.6 Å². The quantitative estimate of drug-likeness (QED) is 0.909. The number of carbonyl (C=O) groups is 1. The molecule has 19 heavy (non-hydrogen) atoms. The first-order valence-electron chi connectivity index (χ1n) is 5.96. The van der Waals surface area contributed by atoms with E-state index in [1.165, 1.54) is 11.3 Å². The molecule has 0 spiro atoms. The van der Waals surface area contributed by atoms with Crippen LogP contribution in [0.25, 0.3) is 10.6 Å². The van der Waals surface area contributed by atoms with Gasteiger partial charge in [-0.05, 0) is 25.5 Å². The van der Waals surface area contributed by atoms with Gasteiger partial charge in [0, 0.05) is 10.9 Å². The van der Waals surface area contributed by atoms with Gasteiger partial charge in [-0.1, -0.05) is 18.2 Å². The Morgan fingerprint density at radius 2 is 2.26 bits per heavy atom. The summed E-state index contributed by atoms with van der Waals surface area (Å²) in [6.45, 7) is 4.52. The zero-order valence-corrected chi connectivity index (χ0v) is 11.6. The third kappa shape index (κ3) is 3.62. The van der Waals surface area contributed by atoms with Crippen LogP contribution in [-0.4, -0.2) is 22.2 Å². The maximum atomic E-state index is 10.8. The predicted octanol–water partition coefficient (Wildman–Crippen LogP) is 3.43. The highest BCUT2D eigenvalue weighted by atomic mass is 32.1. The molecule has 2 aromatic rings. The molecule has 0 aliphatic heterocycles. The number of carboxylic acids is 1. The Hall–Kier alpha value is -1.72. The van der Waals surface area contributed by atoms with Gasteiger partial charge in [0.2, 0.25) is 0 Å². The molecule has 5 heteroatoms. The van der Waals surface area contributed by atoms with Gasteiger partial charge in [0.1, 0.15) is 5.01 Å². The Morgan fingerprint density at radius 1 is 1.47 bits per heavy atom. The highest BCUT2D eigenvalue weighted by Gasteiger charge is 2.10. The number of ether oxygens (including phenoxy) is 1. The van der Waals surface area contributed by atoms with E-state index in [4.69, 9.17) is 9.84 Å². The topological polar surface area (TPSA) is 59.4 Å². The molecular formula is C14H15NO3S. The van der Waals surface area contributed by atoms with Gasteiger partial charge >= 0.3 is 5.97 Å². The molecule has 0 saturated heterocycles. The lowest BCUT2D eigenvalue weighted by atomic mass is 10.1. The zero-order valence-electron chi connectivity index (χ0n) is 10.8. The van der Waals surface area contributed by atoms with Crippen LogP contribution in [0, 0.1) is 0 Å². The summed E-state index contributed by atoms with van der Waals surface area (Å²) in [7, 11) is 0. The largest absolute Gasteiger partial charge is 0.476 e. The predicted molar refractivity (Wildman–Crippen MR) is 74.4 cm³/mol. The number of aromatic carboxylic acids is 1. The summed E-state index contributed by atoms with van der Waals surface area (Å²) >= 11 is 1.33. The van der Waals surface area contributed by atoms with Gasteiger partial charge in [0.15, 0.2) is 5.69 Å². The second-order valence-electron chi connectivity index (χ2n) is 4.40. The highest BCUT2D eigenvalue weighted by molar-refractivity contribution is 7.13. The Morgan fingerprint density at radius 3 is 2.89 bits per heavy atom. The van der Waals surface area contributed by atoms with Gasteiger partial charge in [0.05, 0.1) is 12.7 Å². The summed E-state index contributed by atoms with van der Waals surface area (Å²) in [5, 5.41) is 11.1. The lowest BCUT2D eigenvalue weighted by molar-refractivity contribution is 0.0657. The monoisotopic (exact) mass is 277 g/mol. The van der Waals surface area contributed by atoms with E-state index in [0.717, 1.165) is 11.1 Å². The van der Waals surface area contributed by atoms with Crippen LogP contribution in [-0.2, 0) is 11.3 Å². The van der Waals surface area contributed by atoms with Crippen molar-refractivity contribution >= 4 is 17.3 Å². The smallest absolute Gasteiger partial charge is 0.355 e. The van der Waals surface area contributed by atoms with Crippen molar-refractivity contribution in [2.75, 3.05) is 0 Å². The number of rotatable bonds is 5. The van der Waals surface area contributed by atoms with E-state index in [1.807, 2.05) is 38.1 Å². The van der Waals surface area contributed by atoms with E-state index in [-0.39, 0.29) is 11.8 Å². The summed E-state index contributed by atoms with van der Waals surface area (Å²) in [5.74, 6) is -0.998. The molecule has 0 amide bonds. The second kappa shape index (κ2) is 5.95. The summed E-state index contributed by atoms with van der Waals surface area (Å²) in [6.07, 6.45) is 0.183. The van der Waals surface area contributed by atoms with Crippen LogP contribution in [0.4, 0.5) is 0 Å². The van der Waals surface area contributed by atoms with Gasteiger partial charge in [-0.15, -0.1) is 11.3 Å². The van der Waals surface area contributed by atoms with E-state index >= 15 is 0 Å². The first kappa shape index (κ1) is 13.7. The van der Waals surface area contributed by atoms with Crippen molar-refractivity contribution in [3.05, 3.63) is 40.9 Å². The third-order valence-corrected chi connectivity index (χ3v) is 3.37. The minimum atomic E-state index is -0.998. The summed E-state index contributed by atoms with van der Waals surface area (Å²) < 4.78 is 5.55. The van der Waals surface area contributed by atoms with Crippen LogP contribution in [0.2, 0.25) is 0 Å². The maximum absolute atomic E-state index is 10.8. The lowest BCUT2D eigenvalue weighted by Gasteiger charge is -2.08. The molecule has 0 aliphatic carbocycles. The Balaban J connectivity index is 2.19. The first-order valence-corrected chi connectivity index (χ1v) is 6.84. The van der Waals surface area contributed by atoms with E-state index in [2.05, 4.69) is 4.98 Å². The fourth-order valence-corrected chi connectivity index (χ4v) is 2.35. The summed E-state index contributed by atoms with van der Waals surface area (Å²) in [6, 6.07) is 7.81. The molecular weight excluding hydrogens is 262 g/mol. The molecule has 0 unspecified atom stereocenters. The molecule has 0 fully saturated rings. The lowest BCUT2D eigenvalue weighted by Crippen LogP contribution is -2.02. The fourth-order valence-electron chi connectivity index (χ4n) is 1.56. The number of nitrogens with zero attached hydrogens (tertiary/aromatic N) is 1. The highest BCUT2D eigenvalue weighted by Crippen LogP contribution is 2.24. The number of carboxylic acid groups (broad SMARTS) is 1. The SMILES string of the molecule is CC(C)OCc1cccc(-c2nc(C(=O)O)cs2)c1. The molecule has 1 N–H and O–H groups in total. The standard InChI is InChI=1S/C14H15NO3S/c1-9(2)18-7-10-4-3-5-11(6-10)13-15-12(8-19-13)14(16)17/h3-6,8-9H,7H2,1-2H3,(H,16,17). The second-order valence-corrected chi connectivity index (χ2v) is 5.26. The Bertz CT molecular complexity index is 578. The molecule has 1 heterocycles. The van der Waals surface area contributed by atoms with Gasteiger partial charge in [-0.25, -0.2) is 9.78 Å². The van der Waals surface area contributed by atoms with Gasteiger partial charge in [-0.2, -0.15) is 0 Å². The first-order chi connectivity index (χ1) is 9.06. The Labute approximate surface area is 115 Å². The minimum Gasteiger partial charge on any atom is -0.476 e. The maximum Gasteiger partial charge on any atom is 0.355 e. The molecule has 1 aromatic heterocycles. The van der Waals surface area contributed by atoms with Crippen molar-refractivity contribution in [3.63, 3.8) is 0 Å². The van der Waals surface area contributed by atoms with Crippen LogP contribution < -0.4 is 0 Å². The van der Waals surface area contributed by atoms with Crippen LogP contribution in [0.3, 0.4) is 0 Å². The number of aromatic nitrogens is 1. The summed E-state index contributed by atoms with van der Waals surface area (Å²) in [4.78, 5) is 14.9. The molecule has 0 atom stereocenters. The van der Waals surface area contributed by atoms with Crippen LogP contribution in [0.5, 0.6) is 0 Å². The average molecular weight is 277 g/mol. The normalized spacial score (nSPS) is 10.9. The van der Waals surface area contributed by atoms with Gasteiger partial charge in [-0.3, -0.25) is 0 Å². The average Bonchev–Trinajstić information content (AvgIpc) is 2.86. The van der Waals surface area contributed by atoms with E-state index in [1.54, 1.807) is 5.38 Å². The number of thiazole rings is 1. The fraction of sp³-hybridized carbons (Fsp3) is 0.286. The van der Waals surface area contributed by atoms with E-state index in [9.17, 15) is 4.79 Å². The molecule has 1 aromatic carbocycles. The molecule has 4 nitrogen and oxygen atoms in total. The van der Waals surface area contributed by atoms with Crippen molar-refractivity contribution < 1.29 is 14.6 Å². The van der Waals surface area contributed by atoms with E-state index < -0.39 is 5.97 Å². The van der Waals surface area contributed by atoms with Gasteiger partial charge < -0.3 is 9.84 Å². The van der Waals surface area contributed by atoms with Gasteiger partial charge in [0.25, 0.3) is 0 Å². The van der Waals surface area contributed by atoms with Crippen molar-refractivity contribution in [1.82, 2.24) is 4.98 Å². The number of hydrogen-bond donors (Lipinski definition) is 1. The third-order valence-electron chi connectivity index (χ3n) is 2.48. The molecule has 100 valence electrons. The van der Waals surface area contributed by atoms with Crippen molar-refractivity contribution in [1.29, 1.82) is 0 Å². The van der Waals surface area contributed by atoms with Crippen molar-refractivity contribution in [2.24, 2.45) is 0 Å². The number of benzene rings is 1. The van der Waals surface area contributed by atoms with Crippen LogP contribution in [0.15, 0.2) is 29.6 Å². The van der Waals surface area contributed by atoms with Crippen LogP contribution >= 0.6 is 11.3 Å². The number of hydrogen-bond acceptors (Lipinski definition) is 4. The molecule has 0 bridgehead atoms. The molecule has 0 saturated carbocycles. The molecule has 0 aliphatic rings. The molecule has 0 radical (unpaired) electrons.